The van der Waals surface area contributed by atoms with E-state index in [2.05, 4.69) is 15.3 Å². The van der Waals surface area contributed by atoms with Gasteiger partial charge in [0.2, 0.25) is 5.90 Å². The number of aliphatic hydroxyl groups excluding tert-OH is 1. The van der Waals surface area contributed by atoms with E-state index in [1.54, 1.807) is 7.11 Å². The van der Waals surface area contributed by atoms with E-state index in [4.69, 9.17) is 29.8 Å². The van der Waals surface area contributed by atoms with Gasteiger partial charge in [-0.25, -0.2) is 4.99 Å². The smallest absolute Gasteiger partial charge is 0.252 e. The van der Waals surface area contributed by atoms with Crippen molar-refractivity contribution < 1.29 is 24.1 Å². The van der Waals surface area contributed by atoms with Gasteiger partial charge in [0.15, 0.2) is 11.6 Å². The summed E-state index contributed by atoms with van der Waals surface area (Å²) in [6.07, 6.45) is 0.551. The zero-order valence-corrected chi connectivity index (χ0v) is 25.7. The Kier molecular flexibility index (Phi) is 10.9. The Balaban J connectivity index is 1.54. The number of aliphatic hydroxyl groups is 1. The number of carbonyl (C=O) groups is 1. The Morgan fingerprint density at radius 1 is 0.978 bits per heavy atom. The molecule has 0 fully saturated rings. The molecule has 10 heteroatoms. The molecule has 0 aromatic heterocycles. The number of rotatable bonds is 15. The van der Waals surface area contributed by atoms with Crippen molar-refractivity contribution in [2.45, 2.75) is 37.5 Å². The normalized spacial score (nSPS) is 16.9. The predicted octanol–water partition coefficient (Wildman–Crippen LogP) is 6.13. The van der Waals surface area contributed by atoms with Crippen LogP contribution in [0.2, 0.25) is 0 Å². The number of nitrogens with zero attached hydrogens (tertiary/aromatic N) is 4. The first-order valence-corrected chi connectivity index (χ1v) is 15.2. The number of aliphatic imine (C=N–C) groups is 1. The van der Waals surface area contributed by atoms with Gasteiger partial charge in [-0.2, -0.15) is 0 Å². The minimum Gasteiger partial charge on any atom is -0.496 e. The van der Waals surface area contributed by atoms with Gasteiger partial charge >= 0.3 is 0 Å². The maximum atomic E-state index is 14.6. The fourth-order valence-corrected chi connectivity index (χ4v) is 5.57. The summed E-state index contributed by atoms with van der Waals surface area (Å²) < 4.78 is 17.8. The molecule has 1 aliphatic rings. The second-order valence-corrected chi connectivity index (χ2v) is 10.9. The number of carbonyl (C=O) groups excluding carboxylic acids is 1. The summed E-state index contributed by atoms with van der Waals surface area (Å²) in [5.41, 5.74) is 11.8. The zero-order chi connectivity index (χ0) is 32.2. The molecule has 236 valence electrons. The lowest BCUT2D eigenvalue weighted by Crippen LogP contribution is -2.50. The van der Waals surface area contributed by atoms with Crippen molar-refractivity contribution in [1.82, 2.24) is 5.32 Å². The monoisotopic (exact) mass is 619 g/mol. The maximum Gasteiger partial charge on any atom is 0.252 e. The molecular weight excluding hydrogens is 582 g/mol. The summed E-state index contributed by atoms with van der Waals surface area (Å²) in [5.74, 6) is 1.47. The molecule has 0 saturated heterocycles. The third-order valence-corrected chi connectivity index (χ3v) is 7.89. The van der Waals surface area contributed by atoms with Crippen molar-refractivity contribution in [3.05, 3.63) is 141 Å². The van der Waals surface area contributed by atoms with Crippen LogP contribution in [0.5, 0.6) is 11.5 Å². The molecule has 4 aromatic carbocycles. The van der Waals surface area contributed by atoms with E-state index in [1.165, 1.54) is 0 Å². The van der Waals surface area contributed by atoms with Crippen LogP contribution in [-0.4, -0.2) is 49.3 Å². The molecule has 2 N–H and O–H groups in total. The molecule has 4 aromatic rings. The highest BCUT2D eigenvalue weighted by atomic mass is 16.5. The van der Waals surface area contributed by atoms with E-state index in [0.717, 1.165) is 28.0 Å². The van der Waals surface area contributed by atoms with Crippen molar-refractivity contribution in [3.63, 3.8) is 0 Å². The molecule has 5 rings (SSSR count). The molecule has 0 aliphatic carbocycles. The summed E-state index contributed by atoms with van der Waals surface area (Å²) in [6, 6.07) is 32.3. The predicted molar refractivity (Wildman–Crippen MR) is 176 cm³/mol. The molecule has 10 nitrogen and oxygen atoms in total. The van der Waals surface area contributed by atoms with Crippen LogP contribution >= 0.6 is 0 Å². The number of hydrogen-bond acceptors (Lipinski definition) is 7. The number of methoxy groups -OCH3 is 1. The lowest BCUT2D eigenvalue weighted by atomic mass is 9.81. The number of para-hydroxylation sites is 1. The molecule has 0 radical (unpaired) electrons. The van der Waals surface area contributed by atoms with Crippen molar-refractivity contribution in [3.8, 4) is 11.5 Å². The van der Waals surface area contributed by atoms with Gasteiger partial charge in [-0.1, -0.05) is 77.9 Å². The van der Waals surface area contributed by atoms with Crippen molar-refractivity contribution in [2.24, 2.45) is 10.1 Å². The zero-order valence-electron chi connectivity index (χ0n) is 25.7. The van der Waals surface area contributed by atoms with Gasteiger partial charge in [-0.15, -0.1) is 0 Å². The molecular formula is C36H37N5O5. The third kappa shape index (κ3) is 7.48. The second-order valence-electron chi connectivity index (χ2n) is 10.9. The third-order valence-electron chi connectivity index (χ3n) is 7.89. The Morgan fingerprint density at radius 3 is 2.39 bits per heavy atom. The summed E-state index contributed by atoms with van der Waals surface area (Å²) in [4.78, 5) is 22.6. The average Bonchev–Trinajstić information content (AvgIpc) is 3.49. The first-order chi connectivity index (χ1) is 22.6. The standard InChI is InChI=1S/C36H37N5O5/c1-44-32-15-8-7-10-26(32)20-21-38-35(43)36(24-29-13-5-6-14-30(29)25-39-41-37)33(27-11-3-2-4-12-27)46-34(40-36)28-16-18-31(19-17-28)45-23-9-22-42/h2-8,10-19,33,42H,9,20-25H2,1H3,(H,38,43)/t33-,36-/m1/s1. The Labute approximate surface area is 268 Å². The minimum atomic E-state index is -1.39. The molecule has 2 atom stereocenters. The highest BCUT2D eigenvalue weighted by molar-refractivity contribution is 6.01. The molecule has 1 heterocycles. The second kappa shape index (κ2) is 15.6. The van der Waals surface area contributed by atoms with E-state index in [9.17, 15) is 4.79 Å². The van der Waals surface area contributed by atoms with E-state index in [1.807, 2.05) is 103 Å². The molecule has 0 spiro atoms. The number of ether oxygens (including phenoxy) is 3. The fourth-order valence-electron chi connectivity index (χ4n) is 5.57. The highest BCUT2D eigenvalue weighted by Crippen LogP contribution is 2.43. The van der Waals surface area contributed by atoms with Gasteiger partial charge in [-0.05, 0) is 64.5 Å². The van der Waals surface area contributed by atoms with Crippen molar-refractivity contribution in [2.75, 3.05) is 26.9 Å². The van der Waals surface area contributed by atoms with Crippen molar-refractivity contribution >= 4 is 11.8 Å². The topological polar surface area (TPSA) is 138 Å². The lowest BCUT2D eigenvalue weighted by Gasteiger charge is -2.31. The quantitative estimate of drug-likeness (QED) is 0.0714. The summed E-state index contributed by atoms with van der Waals surface area (Å²) in [5, 5.41) is 16.0. The largest absolute Gasteiger partial charge is 0.496 e. The molecule has 0 unspecified atom stereocenters. The minimum absolute atomic E-state index is 0.0542. The van der Waals surface area contributed by atoms with Gasteiger partial charge in [0, 0.05) is 36.5 Å². The lowest BCUT2D eigenvalue weighted by molar-refractivity contribution is -0.128. The van der Waals surface area contributed by atoms with Crippen LogP contribution < -0.4 is 14.8 Å². The summed E-state index contributed by atoms with van der Waals surface area (Å²) >= 11 is 0. The Morgan fingerprint density at radius 2 is 1.67 bits per heavy atom. The Hall–Kier alpha value is -5.31. The fraction of sp³-hybridized carbons (Fsp3) is 0.278. The highest BCUT2D eigenvalue weighted by Gasteiger charge is 2.53. The SMILES string of the molecule is COc1ccccc1CCNC(=O)[C@]1(Cc2ccccc2CN=[N+]=[N-])N=C(c2ccc(OCCCO)cc2)O[C@@H]1c1ccccc1. The van der Waals surface area contributed by atoms with Crippen LogP contribution in [0.3, 0.4) is 0 Å². The van der Waals surface area contributed by atoms with Crippen LogP contribution in [-0.2, 0) is 28.9 Å². The molecule has 0 saturated carbocycles. The first-order valence-electron chi connectivity index (χ1n) is 15.2. The molecule has 1 aliphatic heterocycles. The van der Waals surface area contributed by atoms with E-state index in [-0.39, 0.29) is 25.5 Å². The van der Waals surface area contributed by atoms with E-state index >= 15 is 0 Å². The molecule has 1 amide bonds. The number of azide groups is 1. The van der Waals surface area contributed by atoms with Gasteiger partial charge < -0.3 is 24.6 Å². The summed E-state index contributed by atoms with van der Waals surface area (Å²) in [7, 11) is 1.63. The van der Waals surface area contributed by atoms with Crippen LogP contribution in [0.15, 0.2) is 113 Å². The number of nitrogens with one attached hydrogen (secondary N) is 1. The van der Waals surface area contributed by atoms with E-state index in [0.29, 0.717) is 43.2 Å². The molecule has 46 heavy (non-hydrogen) atoms. The van der Waals surface area contributed by atoms with Gasteiger partial charge in [0.05, 0.1) is 20.3 Å². The van der Waals surface area contributed by atoms with Crippen LogP contribution in [0.4, 0.5) is 0 Å². The number of amides is 1. The van der Waals surface area contributed by atoms with Crippen molar-refractivity contribution in [1.29, 1.82) is 0 Å². The van der Waals surface area contributed by atoms with Gasteiger partial charge in [0.25, 0.3) is 5.91 Å². The Bertz CT molecular complexity index is 1690. The first kappa shape index (κ1) is 32.1. The van der Waals surface area contributed by atoms with Gasteiger partial charge in [0.1, 0.15) is 11.5 Å². The maximum absolute atomic E-state index is 14.6. The van der Waals surface area contributed by atoms with Crippen LogP contribution in [0.25, 0.3) is 10.4 Å². The average molecular weight is 620 g/mol. The van der Waals surface area contributed by atoms with Crippen LogP contribution in [0, 0.1) is 0 Å². The number of benzene rings is 4. The summed E-state index contributed by atoms with van der Waals surface area (Å²) in [6.45, 7) is 0.951. The van der Waals surface area contributed by atoms with Crippen LogP contribution in [0.1, 0.15) is 40.3 Å². The number of hydrogen-bond donors (Lipinski definition) is 2. The van der Waals surface area contributed by atoms with E-state index < -0.39 is 11.6 Å². The molecule has 0 bridgehead atoms. The van der Waals surface area contributed by atoms with Gasteiger partial charge in [-0.3, -0.25) is 4.79 Å².